The van der Waals surface area contributed by atoms with Gasteiger partial charge in [-0.2, -0.15) is 0 Å². The number of carbonyl (C=O) groups is 2. The lowest BCUT2D eigenvalue weighted by molar-refractivity contribution is 0.0374. The Kier molecular flexibility index (Phi) is 4.47. The lowest BCUT2D eigenvalue weighted by Gasteiger charge is -2.23. The third kappa shape index (κ3) is 2.80. The van der Waals surface area contributed by atoms with Gasteiger partial charge in [0.05, 0.1) is 16.5 Å². The van der Waals surface area contributed by atoms with Crippen molar-refractivity contribution in [1.82, 2.24) is 0 Å². The standard InChI is InChI=1S/C24H20O6/c1-4-5-9-24(3,29)17-11-16(26)18-12(2)10-14-20(23(18)30-17)22(28)19-13(21(14)27)7-6-8-15(19)25/h4-8,10-11,25,29H,9H2,1-3H3/t24-/m0/s1. The highest BCUT2D eigenvalue weighted by Crippen LogP contribution is 2.38. The number of hydrogen-bond donors (Lipinski definition) is 2. The van der Waals surface area contributed by atoms with Gasteiger partial charge in [-0.3, -0.25) is 14.4 Å². The quantitative estimate of drug-likeness (QED) is 0.504. The van der Waals surface area contributed by atoms with Gasteiger partial charge in [-0.15, -0.1) is 0 Å². The molecule has 0 spiro atoms. The maximum atomic E-state index is 13.3. The van der Waals surface area contributed by atoms with Crippen LogP contribution in [0.4, 0.5) is 0 Å². The fraction of sp³-hybridized carbons (Fsp3) is 0.208. The van der Waals surface area contributed by atoms with E-state index in [1.165, 1.54) is 37.3 Å². The molecule has 4 rings (SSSR count). The summed E-state index contributed by atoms with van der Waals surface area (Å²) in [6, 6.07) is 7.02. The van der Waals surface area contributed by atoms with Crippen molar-refractivity contribution in [3.05, 3.63) is 86.3 Å². The van der Waals surface area contributed by atoms with Crippen LogP contribution in [0.25, 0.3) is 11.0 Å². The molecule has 0 radical (unpaired) electrons. The number of phenols is 1. The molecule has 30 heavy (non-hydrogen) atoms. The molecule has 0 saturated carbocycles. The summed E-state index contributed by atoms with van der Waals surface area (Å²) in [5.41, 5.74) is -1.46. The Bertz CT molecular complexity index is 1320. The van der Waals surface area contributed by atoms with Gasteiger partial charge in [0, 0.05) is 23.6 Å². The number of phenolic OH excluding ortho intramolecular Hbond substituents is 1. The number of benzene rings is 2. The van der Waals surface area contributed by atoms with E-state index in [1.54, 1.807) is 26.0 Å². The van der Waals surface area contributed by atoms with Gasteiger partial charge in [0.15, 0.2) is 11.2 Å². The van der Waals surface area contributed by atoms with Crippen molar-refractivity contribution in [2.45, 2.75) is 32.8 Å². The second-order valence-corrected chi connectivity index (χ2v) is 7.70. The van der Waals surface area contributed by atoms with Gasteiger partial charge in [0.25, 0.3) is 0 Å². The minimum atomic E-state index is -1.49. The minimum absolute atomic E-state index is 0.00534. The highest BCUT2D eigenvalue weighted by molar-refractivity contribution is 6.32. The average Bonchev–Trinajstić information content (AvgIpc) is 2.69. The largest absolute Gasteiger partial charge is 0.507 e. The second-order valence-electron chi connectivity index (χ2n) is 7.70. The summed E-state index contributed by atoms with van der Waals surface area (Å²) < 4.78 is 5.92. The third-order valence-electron chi connectivity index (χ3n) is 5.47. The van der Waals surface area contributed by atoms with E-state index in [0.717, 1.165) is 0 Å². The minimum Gasteiger partial charge on any atom is -0.507 e. The summed E-state index contributed by atoms with van der Waals surface area (Å²) >= 11 is 0. The van der Waals surface area contributed by atoms with E-state index < -0.39 is 22.6 Å². The van der Waals surface area contributed by atoms with Gasteiger partial charge in [0.1, 0.15) is 22.7 Å². The Morgan fingerprint density at radius 3 is 2.50 bits per heavy atom. The Labute approximate surface area is 172 Å². The van der Waals surface area contributed by atoms with Gasteiger partial charge in [0.2, 0.25) is 5.78 Å². The van der Waals surface area contributed by atoms with E-state index in [1.807, 2.05) is 0 Å². The molecule has 0 aliphatic heterocycles. The molecule has 0 saturated heterocycles. The van der Waals surface area contributed by atoms with Crippen LogP contribution in [0, 0.1) is 6.92 Å². The van der Waals surface area contributed by atoms with Crippen LogP contribution in [0.1, 0.15) is 63.4 Å². The van der Waals surface area contributed by atoms with Gasteiger partial charge < -0.3 is 14.6 Å². The molecule has 6 heteroatoms. The smallest absolute Gasteiger partial charge is 0.202 e. The summed E-state index contributed by atoms with van der Waals surface area (Å²) in [5.74, 6) is -1.36. The number of aryl methyl sites for hydroxylation is 1. The molecule has 152 valence electrons. The van der Waals surface area contributed by atoms with Crippen molar-refractivity contribution in [3.63, 3.8) is 0 Å². The maximum absolute atomic E-state index is 13.3. The number of ketones is 2. The molecule has 1 atom stereocenters. The monoisotopic (exact) mass is 404 g/mol. The predicted molar refractivity (Wildman–Crippen MR) is 111 cm³/mol. The maximum Gasteiger partial charge on any atom is 0.202 e. The number of aliphatic hydroxyl groups is 1. The van der Waals surface area contributed by atoms with E-state index in [9.17, 15) is 24.6 Å². The van der Waals surface area contributed by atoms with Gasteiger partial charge in [-0.25, -0.2) is 0 Å². The second kappa shape index (κ2) is 6.78. The first kappa shape index (κ1) is 19.8. The highest BCUT2D eigenvalue weighted by atomic mass is 16.4. The molecular weight excluding hydrogens is 384 g/mol. The molecule has 3 aromatic rings. The predicted octanol–water partition coefficient (Wildman–Crippen LogP) is 3.76. The van der Waals surface area contributed by atoms with Crippen LogP contribution in [-0.2, 0) is 5.60 Å². The van der Waals surface area contributed by atoms with Gasteiger partial charge >= 0.3 is 0 Å². The zero-order valence-corrected chi connectivity index (χ0v) is 16.8. The molecule has 1 aliphatic rings. The normalized spacial score (nSPS) is 15.3. The molecule has 0 unspecified atom stereocenters. The van der Waals surface area contributed by atoms with E-state index in [-0.39, 0.29) is 51.2 Å². The van der Waals surface area contributed by atoms with Crippen LogP contribution in [0.3, 0.4) is 0 Å². The van der Waals surface area contributed by atoms with E-state index in [4.69, 9.17) is 4.42 Å². The van der Waals surface area contributed by atoms with Crippen LogP contribution < -0.4 is 5.43 Å². The molecule has 1 aliphatic carbocycles. The van der Waals surface area contributed by atoms with Crippen LogP contribution >= 0.6 is 0 Å². The molecule has 2 N–H and O–H groups in total. The molecule has 6 nitrogen and oxygen atoms in total. The van der Waals surface area contributed by atoms with Crippen LogP contribution in [-0.4, -0.2) is 21.8 Å². The van der Waals surface area contributed by atoms with Crippen LogP contribution in [0.15, 0.2) is 51.7 Å². The van der Waals surface area contributed by atoms with E-state index in [0.29, 0.717) is 5.56 Å². The lowest BCUT2D eigenvalue weighted by atomic mass is 9.81. The Morgan fingerprint density at radius 2 is 1.80 bits per heavy atom. The summed E-state index contributed by atoms with van der Waals surface area (Å²) in [7, 11) is 0. The number of allylic oxidation sites excluding steroid dienone is 1. The number of carbonyl (C=O) groups excluding carboxylic acids is 2. The van der Waals surface area contributed by atoms with Crippen molar-refractivity contribution < 1.29 is 24.2 Å². The Morgan fingerprint density at radius 1 is 1.07 bits per heavy atom. The summed E-state index contributed by atoms with van der Waals surface area (Å²) in [5, 5.41) is 21.2. The summed E-state index contributed by atoms with van der Waals surface area (Å²) in [6.07, 6.45) is 3.70. The fourth-order valence-corrected chi connectivity index (χ4v) is 3.88. The fourth-order valence-electron chi connectivity index (χ4n) is 3.88. The number of aromatic hydroxyl groups is 1. The van der Waals surface area contributed by atoms with E-state index in [2.05, 4.69) is 0 Å². The summed E-state index contributed by atoms with van der Waals surface area (Å²) in [4.78, 5) is 39.3. The first-order chi connectivity index (χ1) is 14.2. The molecule has 0 bridgehead atoms. The Hall–Kier alpha value is -3.51. The van der Waals surface area contributed by atoms with Crippen molar-refractivity contribution in [3.8, 4) is 5.75 Å². The highest BCUT2D eigenvalue weighted by Gasteiger charge is 2.36. The molecular formula is C24H20O6. The molecule has 0 fully saturated rings. The zero-order chi connectivity index (χ0) is 21.8. The molecule has 2 aromatic carbocycles. The van der Waals surface area contributed by atoms with Gasteiger partial charge in [-0.05, 0) is 38.5 Å². The molecule has 1 heterocycles. The SMILES string of the molecule is CC=CC[C@](C)(O)c1cc(=O)c2c(C)cc3c(c2o1)C(=O)c1c(O)cccc1C3=O. The number of fused-ring (bicyclic) bond motifs is 4. The van der Waals surface area contributed by atoms with Crippen molar-refractivity contribution in [2.24, 2.45) is 0 Å². The van der Waals surface area contributed by atoms with Gasteiger partial charge in [-0.1, -0.05) is 24.3 Å². The number of hydrogen-bond acceptors (Lipinski definition) is 6. The van der Waals surface area contributed by atoms with Crippen molar-refractivity contribution in [2.75, 3.05) is 0 Å². The lowest BCUT2D eigenvalue weighted by Crippen LogP contribution is -2.25. The molecule has 0 amide bonds. The zero-order valence-electron chi connectivity index (χ0n) is 16.8. The van der Waals surface area contributed by atoms with Crippen LogP contribution in [0.2, 0.25) is 0 Å². The van der Waals surface area contributed by atoms with Crippen LogP contribution in [0.5, 0.6) is 5.75 Å². The average molecular weight is 404 g/mol. The first-order valence-corrected chi connectivity index (χ1v) is 9.54. The summed E-state index contributed by atoms with van der Waals surface area (Å²) in [6.45, 7) is 4.97. The molecule has 1 aromatic heterocycles. The van der Waals surface area contributed by atoms with Crippen molar-refractivity contribution in [1.29, 1.82) is 0 Å². The van der Waals surface area contributed by atoms with Crippen molar-refractivity contribution >= 4 is 22.5 Å². The first-order valence-electron chi connectivity index (χ1n) is 9.54. The number of rotatable bonds is 3. The van der Waals surface area contributed by atoms with E-state index >= 15 is 0 Å². The Balaban J connectivity index is 2.09. The third-order valence-corrected chi connectivity index (χ3v) is 5.47. The topological polar surface area (TPSA) is 105 Å².